The maximum atomic E-state index is 5.23. The van der Waals surface area contributed by atoms with Gasteiger partial charge in [-0.3, -0.25) is 4.98 Å². The van der Waals surface area contributed by atoms with E-state index in [4.69, 9.17) is 6.42 Å². The van der Waals surface area contributed by atoms with Gasteiger partial charge in [0, 0.05) is 30.5 Å². The van der Waals surface area contributed by atoms with Crippen LogP contribution in [0.15, 0.2) is 18.5 Å². The predicted molar refractivity (Wildman–Crippen MR) is 42.9 cm³/mol. The number of hydrogen-bond donors (Lipinski definition) is 1. The van der Waals surface area contributed by atoms with E-state index >= 15 is 0 Å². The van der Waals surface area contributed by atoms with Crippen LogP contribution in [0, 0.1) is 12.3 Å². The molecule has 0 bridgehead atoms. The molecule has 0 amide bonds. The van der Waals surface area contributed by atoms with Crippen molar-refractivity contribution in [1.29, 1.82) is 0 Å². The first kappa shape index (κ1) is 6.38. The van der Waals surface area contributed by atoms with E-state index in [0.29, 0.717) is 6.04 Å². The number of terminal acetylenes is 1. The molecule has 2 nitrogen and oxygen atoms in total. The molecule has 0 aliphatic carbocycles. The predicted octanol–water partition coefficient (Wildman–Crippen LogP) is 0.707. The second-order valence-corrected chi connectivity index (χ2v) is 2.61. The fraction of sp³-hybridized carbons (Fsp3) is 0.222. The van der Waals surface area contributed by atoms with Crippen molar-refractivity contribution >= 4 is 0 Å². The van der Waals surface area contributed by atoms with Crippen molar-refractivity contribution in [3.63, 3.8) is 0 Å². The quantitative estimate of drug-likeness (QED) is 0.465. The highest BCUT2D eigenvalue weighted by molar-refractivity contribution is 5.34. The summed E-state index contributed by atoms with van der Waals surface area (Å²) >= 11 is 0. The lowest BCUT2D eigenvalue weighted by atomic mass is 10.2. The van der Waals surface area contributed by atoms with Crippen molar-refractivity contribution in [2.24, 2.45) is 0 Å². The van der Waals surface area contributed by atoms with Crippen molar-refractivity contribution in [3.05, 3.63) is 29.6 Å². The van der Waals surface area contributed by atoms with Crippen LogP contribution >= 0.6 is 0 Å². The molecule has 11 heavy (non-hydrogen) atoms. The molecule has 0 unspecified atom stereocenters. The summed E-state index contributed by atoms with van der Waals surface area (Å²) in [4.78, 5) is 4.03. The van der Waals surface area contributed by atoms with Crippen LogP contribution in [0.5, 0.6) is 0 Å². The fourth-order valence-corrected chi connectivity index (χ4v) is 1.02. The number of nitrogens with one attached hydrogen (secondary N) is 1. The Labute approximate surface area is 65.7 Å². The lowest BCUT2D eigenvalue weighted by Crippen LogP contribution is -1.87. The lowest BCUT2D eigenvalue weighted by molar-refractivity contribution is 1.05. The Balaban J connectivity index is 2.35. The molecule has 2 heteroatoms. The second kappa shape index (κ2) is 2.37. The third-order valence-corrected chi connectivity index (χ3v) is 1.74. The molecule has 1 aromatic rings. The van der Waals surface area contributed by atoms with E-state index in [1.165, 1.54) is 5.56 Å². The molecule has 0 spiro atoms. The molecule has 1 aliphatic rings. The van der Waals surface area contributed by atoms with Crippen molar-refractivity contribution in [3.8, 4) is 12.3 Å². The molecule has 54 valence electrons. The minimum Gasteiger partial charge on any atom is -0.307 e. The Bertz CT molecular complexity index is 308. The second-order valence-electron chi connectivity index (χ2n) is 2.61. The van der Waals surface area contributed by atoms with Crippen molar-refractivity contribution in [1.82, 2.24) is 10.3 Å². The van der Waals surface area contributed by atoms with Gasteiger partial charge in [-0.25, -0.2) is 0 Å². The standard InChI is InChI=1S/C9H8N2/c1-2-7-3-8(5-10-4-7)9-6-11-9/h1,3-5,9,11H,6H2/t9-/m1/s1. The zero-order chi connectivity index (χ0) is 7.68. The number of hydrogen-bond acceptors (Lipinski definition) is 2. The van der Waals surface area contributed by atoms with Crippen LogP contribution in [0.3, 0.4) is 0 Å². The van der Waals surface area contributed by atoms with Crippen LogP contribution in [-0.4, -0.2) is 11.5 Å². The summed E-state index contributed by atoms with van der Waals surface area (Å²) in [5.41, 5.74) is 2.05. The van der Waals surface area contributed by atoms with Crippen molar-refractivity contribution < 1.29 is 0 Å². The van der Waals surface area contributed by atoms with Gasteiger partial charge in [0.05, 0.1) is 0 Å². The van der Waals surface area contributed by atoms with E-state index in [1.54, 1.807) is 6.20 Å². The van der Waals surface area contributed by atoms with E-state index < -0.39 is 0 Å². The summed E-state index contributed by atoms with van der Waals surface area (Å²) in [7, 11) is 0. The Morgan fingerprint density at radius 2 is 2.45 bits per heavy atom. The van der Waals surface area contributed by atoms with Gasteiger partial charge in [0.1, 0.15) is 0 Å². The largest absolute Gasteiger partial charge is 0.307 e. The fourth-order valence-electron chi connectivity index (χ4n) is 1.02. The highest BCUT2D eigenvalue weighted by atomic mass is 15.1. The van der Waals surface area contributed by atoms with Crippen LogP contribution in [0.1, 0.15) is 17.2 Å². The molecule has 1 atom stereocenters. The molecule has 1 saturated heterocycles. The van der Waals surface area contributed by atoms with Gasteiger partial charge < -0.3 is 5.32 Å². The number of aromatic nitrogens is 1. The zero-order valence-corrected chi connectivity index (χ0v) is 6.04. The Morgan fingerprint density at radius 1 is 1.64 bits per heavy atom. The molecular weight excluding hydrogens is 136 g/mol. The van der Waals surface area contributed by atoms with E-state index in [9.17, 15) is 0 Å². The monoisotopic (exact) mass is 144 g/mol. The van der Waals surface area contributed by atoms with Crippen molar-refractivity contribution in [2.45, 2.75) is 6.04 Å². The molecule has 1 N–H and O–H groups in total. The summed E-state index contributed by atoms with van der Waals surface area (Å²) in [5.74, 6) is 2.56. The van der Waals surface area contributed by atoms with E-state index in [-0.39, 0.29) is 0 Å². The summed E-state index contributed by atoms with van der Waals surface area (Å²) < 4.78 is 0. The van der Waals surface area contributed by atoms with E-state index in [1.807, 2.05) is 12.3 Å². The zero-order valence-electron chi connectivity index (χ0n) is 6.04. The van der Waals surface area contributed by atoms with Crippen LogP contribution in [0.25, 0.3) is 0 Å². The molecular formula is C9H8N2. The third-order valence-electron chi connectivity index (χ3n) is 1.74. The highest BCUT2D eigenvalue weighted by Crippen LogP contribution is 2.20. The van der Waals surface area contributed by atoms with Gasteiger partial charge in [-0.05, 0) is 11.6 Å². The summed E-state index contributed by atoms with van der Waals surface area (Å²) in [6.07, 6.45) is 8.78. The average Bonchev–Trinajstić information content (AvgIpc) is 2.87. The van der Waals surface area contributed by atoms with Gasteiger partial charge in [-0.2, -0.15) is 0 Å². The summed E-state index contributed by atoms with van der Waals surface area (Å²) in [6, 6.07) is 2.49. The van der Waals surface area contributed by atoms with Gasteiger partial charge in [-0.1, -0.05) is 5.92 Å². The average molecular weight is 144 g/mol. The molecule has 0 saturated carbocycles. The van der Waals surface area contributed by atoms with Gasteiger partial charge in [0.15, 0.2) is 0 Å². The van der Waals surface area contributed by atoms with Crippen LogP contribution in [0.2, 0.25) is 0 Å². The first-order valence-electron chi connectivity index (χ1n) is 3.55. The maximum absolute atomic E-state index is 5.23. The molecule has 2 rings (SSSR count). The van der Waals surface area contributed by atoms with E-state index in [0.717, 1.165) is 12.1 Å². The number of rotatable bonds is 1. The van der Waals surface area contributed by atoms with Gasteiger partial charge >= 0.3 is 0 Å². The Kier molecular flexibility index (Phi) is 1.38. The van der Waals surface area contributed by atoms with Crippen LogP contribution < -0.4 is 5.32 Å². The number of nitrogens with zero attached hydrogens (tertiary/aromatic N) is 1. The molecule has 1 aromatic heterocycles. The smallest absolute Gasteiger partial charge is 0.0463 e. The highest BCUT2D eigenvalue weighted by Gasteiger charge is 2.22. The first-order valence-corrected chi connectivity index (χ1v) is 3.55. The third kappa shape index (κ3) is 1.24. The maximum Gasteiger partial charge on any atom is 0.0463 e. The van der Waals surface area contributed by atoms with Crippen LogP contribution in [-0.2, 0) is 0 Å². The Morgan fingerprint density at radius 3 is 3.09 bits per heavy atom. The molecule has 1 fully saturated rings. The molecule has 1 aliphatic heterocycles. The van der Waals surface area contributed by atoms with Crippen molar-refractivity contribution in [2.75, 3.05) is 6.54 Å². The minimum absolute atomic E-state index is 0.496. The summed E-state index contributed by atoms with van der Waals surface area (Å²) in [5, 5.41) is 3.19. The van der Waals surface area contributed by atoms with Gasteiger partial charge in [0.25, 0.3) is 0 Å². The molecule has 0 aromatic carbocycles. The number of pyridine rings is 1. The summed E-state index contributed by atoms with van der Waals surface area (Å²) in [6.45, 7) is 1.05. The first-order chi connectivity index (χ1) is 5.40. The normalized spacial score (nSPS) is 20.8. The van der Waals surface area contributed by atoms with E-state index in [2.05, 4.69) is 16.2 Å². The molecule has 2 heterocycles. The Hall–Kier alpha value is -1.33. The lowest BCUT2D eigenvalue weighted by Gasteiger charge is -1.95. The van der Waals surface area contributed by atoms with Crippen LogP contribution in [0.4, 0.5) is 0 Å². The SMILES string of the molecule is C#Cc1cncc([C@H]2CN2)c1. The van der Waals surface area contributed by atoms with Gasteiger partial charge in [0.2, 0.25) is 0 Å². The topological polar surface area (TPSA) is 34.8 Å². The minimum atomic E-state index is 0.496. The van der Waals surface area contributed by atoms with Gasteiger partial charge in [-0.15, -0.1) is 6.42 Å². The molecule has 0 radical (unpaired) electrons.